The van der Waals surface area contributed by atoms with Gasteiger partial charge in [-0.25, -0.2) is 4.98 Å². The SMILES string of the molecule is COc1cc(C)c(C(=O)c2scnc2C)cc1C. The van der Waals surface area contributed by atoms with Gasteiger partial charge in [0.1, 0.15) is 5.75 Å². The number of thiazole rings is 1. The van der Waals surface area contributed by atoms with E-state index in [1.165, 1.54) is 11.3 Å². The fourth-order valence-electron chi connectivity index (χ4n) is 1.90. The second kappa shape index (κ2) is 4.90. The molecule has 0 N–H and O–H groups in total. The molecule has 0 aliphatic heterocycles. The lowest BCUT2D eigenvalue weighted by Crippen LogP contribution is -2.05. The van der Waals surface area contributed by atoms with E-state index in [1.807, 2.05) is 32.9 Å². The van der Waals surface area contributed by atoms with Crippen molar-refractivity contribution in [2.24, 2.45) is 0 Å². The molecule has 0 radical (unpaired) electrons. The van der Waals surface area contributed by atoms with Gasteiger partial charge in [-0.2, -0.15) is 0 Å². The zero-order chi connectivity index (χ0) is 13.3. The number of carbonyl (C=O) groups excluding carboxylic acids is 1. The summed E-state index contributed by atoms with van der Waals surface area (Å²) in [4.78, 5) is 17.3. The van der Waals surface area contributed by atoms with E-state index in [2.05, 4.69) is 4.98 Å². The number of aromatic nitrogens is 1. The number of nitrogens with zero attached hydrogens (tertiary/aromatic N) is 1. The van der Waals surface area contributed by atoms with Crippen molar-refractivity contribution in [3.8, 4) is 5.75 Å². The number of rotatable bonds is 3. The van der Waals surface area contributed by atoms with Gasteiger partial charge >= 0.3 is 0 Å². The second-order valence-corrected chi connectivity index (χ2v) is 5.09. The first-order valence-electron chi connectivity index (χ1n) is 5.64. The minimum Gasteiger partial charge on any atom is -0.496 e. The third-order valence-electron chi connectivity index (χ3n) is 2.94. The fraction of sp³-hybridized carbons (Fsp3) is 0.286. The van der Waals surface area contributed by atoms with Gasteiger partial charge in [-0.3, -0.25) is 4.79 Å². The molecule has 0 spiro atoms. The van der Waals surface area contributed by atoms with Crippen LogP contribution in [0.15, 0.2) is 17.6 Å². The van der Waals surface area contributed by atoms with E-state index in [1.54, 1.807) is 12.6 Å². The average molecular weight is 261 g/mol. The van der Waals surface area contributed by atoms with Crippen LogP contribution in [0.25, 0.3) is 0 Å². The Kier molecular flexibility index (Phi) is 3.48. The predicted octanol–water partition coefficient (Wildman–Crippen LogP) is 3.31. The van der Waals surface area contributed by atoms with Crippen LogP contribution in [-0.2, 0) is 0 Å². The Morgan fingerprint density at radius 3 is 2.50 bits per heavy atom. The Morgan fingerprint density at radius 2 is 1.94 bits per heavy atom. The maximum atomic E-state index is 12.4. The number of ketones is 1. The molecule has 4 heteroatoms. The first-order valence-corrected chi connectivity index (χ1v) is 6.52. The van der Waals surface area contributed by atoms with Gasteiger partial charge in [0.15, 0.2) is 0 Å². The van der Waals surface area contributed by atoms with E-state index in [-0.39, 0.29) is 5.78 Å². The third-order valence-corrected chi connectivity index (χ3v) is 3.87. The molecule has 94 valence electrons. The molecule has 0 fully saturated rings. The van der Waals surface area contributed by atoms with E-state index >= 15 is 0 Å². The van der Waals surface area contributed by atoms with Crippen molar-refractivity contribution < 1.29 is 9.53 Å². The highest BCUT2D eigenvalue weighted by Crippen LogP contribution is 2.26. The van der Waals surface area contributed by atoms with Crippen molar-refractivity contribution >= 4 is 17.1 Å². The molecule has 0 saturated heterocycles. The van der Waals surface area contributed by atoms with Gasteiger partial charge in [0.25, 0.3) is 0 Å². The highest BCUT2D eigenvalue weighted by molar-refractivity contribution is 7.12. The summed E-state index contributed by atoms with van der Waals surface area (Å²) in [6.07, 6.45) is 0. The summed E-state index contributed by atoms with van der Waals surface area (Å²) < 4.78 is 5.25. The Morgan fingerprint density at radius 1 is 1.22 bits per heavy atom. The monoisotopic (exact) mass is 261 g/mol. The lowest BCUT2D eigenvalue weighted by atomic mass is 10.00. The number of carbonyl (C=O) groups is 1. The molecule has 0 amide bonds. The number of methoxy groups -OCH3 is 1. The topological polar surface area (TPSA) is 39.2 Å². The molecule has 0 bridgehead atoms. The van der Waals surface area contributed by atoms with Crippen molar-refractivity contribution in [2.75, 3.05) is 7.11 Å². The molecule has 2 rings (SSSR count). The standard InChI is InChI=1S/C14H15NO2S/c1-8-6-12(17-4)9(2)5-11(8)13(16)14-10(3)15-7-18-14/h5-7H,1-4H3. The first-order chi connectivity index (χ1) is 8.54. The zero-order valence-electron chi connectivity index (χ0n) is 10.9. The molecule has 3 nitrogen and oxygen atoms in total. The van der Waals surface area contributed by atoms with Crippen LogP contribution >= 0.6 is 11.3 Å². The van der Waals surface area contributed by atoms with Crippen molar-refractivity contribution in [3.05, 3.63) is 44.9 Å². The van der Waals surface area contributed by atoms with E-state index in [4.69, 9.17) is 4.74 Å². The number of ether oxygens (including phenoxy) is 1. The minimum atomic E-state index is 0.0400. The van der Waals surface area contributed by atoms with Gasteiger partial charge in [0.05, 0.1) is 23.2 Å². The highest BCUT2D eigenvalue weighted by Gasteiger charge is 2.17. The van der Waals surface area contributed by atoms with Crippen molar-refractivity contribution in [3.63, 3.8) is 0 Å². The van der Waals surface area contributed by atoms with Gasteiger partial charge in [0, 0.05) is 5.56 Å². The van der Waals surface area contributed by atoms with Gasteiger partial charge in [-0.15, -0.1) is 11.3 Å². The Bertz CT molecular complexity index is 602. The first kappa shape index (κ1) is 12.8. The van der Waals surface area contributed by atoms with Crippen molar-refractivity contribution in [2.45, 2.75) is 20.8 Å². The molecule has 1 aromatic carbocycles. The van der Waals surface area contributed by atoms with E-state index in [0.29, 0.717) is 4.88 Å². The van der Waals surface area contributed by atoms with Gasteiger partial charge in [-0.05, 0) is 44.0 Å². The summed E-state index contributed by atoms with van der Waals surface area (Å²) in [5.41, 5.74) is 5.11. The van der Waals surface area contributed by atoms with Gasteiger partial charge in [-0.1, -0.05) is 0 Å². The maximum Gasteiger partial charge on any atom is 0.205 e. The van der Waals surface area contributed by atoms with Gasteiger partial charge in [0.2, 0.25) is 5.78 Å². The van der Waals surface area contributed by atoms with Gasteiger partial charge < -0.3 is 4.74 Å². The molecule has 18 heavy (non-hydrogen) atoms. The molecule has 0 aliphatic carbocycles. The fourth-order valence-corrected chi connectivity index (χ4v) is 2.65. The lowest BCUT2D eigenvalue weighted by molar-refractivity contribution is 0.104. The lowest BCUT2D eigenvalue weighted by Gasteiger charge is -2.10. The number of benzene rings is 1. The second-order valence-electron chi connectivity index (χ2n) is 4.23. The Labute approximate surface area is 110 Å². The zero-order valence-corrected chi connectivity index (χ0v) is 11.7. The average Bonchev–Trinajstić information content (AvgIpc) is 2.77. The molecule has 1 heterocycles. The predicted molar refractivity (Wildman–Crippen MR) is 72.8 cm³/mol. The summed E-state index contributed by atoms with van der Waals surface area (Å²) >= 11 is 1.39. The minimum absolute atomic E-state index is 0.0400. The Hall–Kier alpha value is -1.68. The van der Waals surface area contributed by atoms with Crippen molar-refractivity contribution in [1.29, 1.82) is 0 Å². The van der Waals surface area contributed by atoms with Crippen molar-refractivity contribution in [1.82, 2.24) is 4.98 Å². The smallest absolute Gasteiger partial charge is 0.205 e. The molecule has 0 saturated carbocycles. The summed E-state index contributed by atoms with van der Waals surface area (Å²) in [7, 11) is 1.64. The van der Waals surface area contributed by atoms with Crippen LogP contribution in [0.4, 0.5) is 0 Å². The summed E-state index contributed by atoms with van der Waals surface area (Å²) in [6.45, 7) is 5.72. The van der Waals surface area contributed by atoms with E-state index in [9.17, 15) is 4.79 Å². The number of aryl methyl sites for hydroxylation is 3. The summed E-state index contributed by atoms with van der Waals surface area (Å²) in [5.74, 6) is 0.850. The molecule has 0 unspecified atom stereocenters. The normalized spacial score (nSPS) is 10.4. The molecular weight excluding hydrogens is 246 g/mol. The molecule has 2 aromatic rings. The van der Waals surface area contributed by atoms with E-state index < -0.39 is 0 Å². The molecule has 1 aromatic heterocycles. The van der Waals surface area contributed by atoms with Crippen LogP contribution in [0.1, 0.15) is 32.1 Å². The largest absolute Gasteiger partial charge is 0.496 e. The third kappa shape index (κ3) is 2.16. The van der Waals surface area contributed by atoms with Crippen LogP contribution in [0, 0.1) is 20.8 Å². The summed E-state index contributed by atoms with van der Waals surface area (Å²) in [5, 5.41) is 0. The Balaban J connectivity index is 2.49. The summed E-state index contributed by atoms with van der Waals surface area (Å²) in [6, 6.07) is 3.79. The highest BCUT2D eigenvalue weighted by atomic mass is 32.1. The quantitative estimate of drug-likeness (QED) is 0.796. The van der Waals surface area contributed by atoms with Crippen LogP contribution < -0.4 is 4.74 Å². The molecular formula is C14H15NO2S. The van der Waals surface area contributed by atoms with Crippen LogP contribution in [0.5, 0.6) is 5.75 Å². The molecule has 0 atom stereocenters. The number of hydrogen-bond donors (Lipinski definition) is 0. The van der Waals surface area contributed by atoms with Crippen LogP contribution in [0.2, 0.25) is 0 Å². The van der Waals surface area contributed by atoms with E-state index in [0.717, 1.165) is 28.1 Å². The van der Waals surface area contributed by atoms with Crippen LogP contribution in [-0.4, -0.2) is 17.9 Å². The van der Waals surface area contributed by atoms with Crippen LogP contribution in [0.3, 0.4) is 0 Å². The maximum absolute atomic E-state index is 12.4. The molecule has 0 aliphatic rings. The number of hydrogen-bond acceptors (Lipinski definition) is 4.